The van der Waals surface area contributed by atoms with Gasteiger partial charge >= 0.3 is 0 Å². The zero-order chi connectivity index (χ0) is 23.7. The third kappa shape index (κ3) is 4.21. The summed E-state index contributed by atoms with van der Waals surface area (Å²) < 4.78 is 5.53. The van der Waals surface area contributed by atoms with Crippen LogP contribution in [-0.2, 0) is 22.6 Å². The van der Waals surface area contributed by atoms with Crippen molar-refractivity contribution >= 4 is 29.3 Å². The number of amides is 2. The average Bonchev–Trinajstić information content (AvgIpc) is 3.10. The van der Waals surface area contributed by atoms with Gasteiger partial charge in [-0.2, -0.15) is 0 Å². The third-order valence-electron chi connectivity index (χ3n) is 6.11. The Labute approximate surface area is 204 Å². The highest BCUT2D eigenvalue weighted by Crippen LogP contribution is 2.40. The maximum absolute atomic E-state index is 13.8. The van der Waals surface area contributed by atoms with Crippen molar-refractivity contribution < 1.29 is 14.3 Å². The number of nitrogens with zero attached hydrogens (tertiary/aromatic N) is 2. The van der Waals surface area contributed by atoms with Crippen LogP contribution in [0.5, 0.6) is 5.75 Å². The lowest BCUT2D eigenvalue weighted by atomic mass is 9.99. The van der Waals surface area contributed by atoms with Crippen molar-refractivity contribution in [1.29, 1.82) is 0 Å². The molecule has 2 heterocycles. The fraction of sp³-hybridized carbons (Fsp3) is 0.214. The second-order valence-electron chi connectivity index (χ2n) is 8.41. The fourth-order valence-electron chi connectivity index (χ4n) is 4.37. The third-order valence-corrected chi connectivity index (χ3v) is 7.19. The first-order valence-corrected chi connectivity index (χ1v) is 12.3. The first-order chi connectivity index (χ1) is 16.5. The Morgan fingerprint density at radius 1 is 0.882 bits per heavy atom. The number of hydrogen-bond donors (Lipinski definition) is 0. The molecule has 6 heteroatoms. The summed E-state index contributed by atoms with van der Waals surface area (Å²) in [5.41, 5.74) is 4.68. The van der Waals surface area contributed by atoms with E-state index in [1.54, 1.807) is 24.3 Å². The Balaban J connectivity index is 1.52. The summed E-state index contributed by atoms with van der Waals surface area (Å²) in [4.78, 5) is 32.2. The molecular formula is C28H26N2O3S. The van der Waals surface area contributed by atoms with E-state index in [2.05, 4.69) is 17.0 Å². The summed E-state index contributed by atoms with van der Waals surface area (Å²) in [6.45, 7) is 5.81. The predicted octanol–water partition coefficient (Wildman–Crippen LogP) is 5.33. The number of carbonyl (C=O) groups excluding carboxylic acids is 2. The molecule has 2 aliphatic heterocycles. The van der Waals surface area contributed by atoms with Crippen LogP contribution in [0.15, 0.2) is 88.3 Å². The smallest absolute Gasteiger partial charge is 0.283 e. The number of ether oxygens (including phenoxy) is 1. The van der Waals surface area contributed by atoms with Crippen LogP contribution in [-0.4, -0.2) is 29.9 Å². The Hall–Kier alpha value is -3.51. The largest absolute Gasteiger partial charge is 0.494 e. The van der Waals surface area contributed by atoms with Gasteiger partial charge in [-0.25, -0.2) is 4.90 Å². The second kappa shape index (κ2) is 9.39. The summed E-state index contributed by atoms with van der Waals surface area (Å²) in [7, 11) is 0. The van der Waals surface area contributed by atoms with E-state index >= 15 is 0 Å². The van der Waals surface area contributed by atoms with Gasteiger partial charge in [0.05, 0.1) is 12.3 Å². The Morgan fingerprint density at radius 2 is 1.59 bits per heavy atom. The molecule has 0 radical (unpaired) electrons. The Morgan fingerprint density at radius 3 is 2.29 bits per heavy atom. The lowest BCUT2D eigenvalue weighted by Gasteiger charge is -2.31. The van der Waals surface area contributed by atoms with Crippen molar-refractivity contribution in [2.24, 2.45) is 0 Å². The minimum Gasteiger partial charge on any atom is -0.494 e. The molecular weight excluding hydrogens is 444 g/mol. The topological polar surface area (TPSA) is 49.9 Å². The van der Waals surface area contributed by atoms with Gasteiger partial charge < -0.3 is 9.64 Å². The molecule has 2 amide bonds. The number of carbonyl (C=O) groups is 2. The molecule has 2 aliphatic rings. The van der Waals surface area contributed by atoms with Crippen LogP contribution in [0.2, 0.25) is 0 Å². The molecule has 0 bridgehead atoms. The average molecular weight is 471 g/mol. The van der Waals surface area contributed by atoms with Gasteiger partial charge in [0.2, 0.25) is 0 Å². The molecule has 0 saturated carbocycles. The minimum absolute atomic E-state index is 0.275. The van der Waals surface area contributed by atoms with E-state index in [0.717, 1.165) is 16.9 Å². The van der Waals surface area contributed by atoms with Crippen LogP contribution < -0.4 is 9.64 Å². The summed E-state index contributed by atoms with van der Waals surface area (Å²) in [6, 6.07) is 23.4. The molecule has 5 nitrogen and oxygen atoms in total. The first-order valence-electron chi connectivity index (χ1n) is 11.5. The lowest BCUT2D eigenvalue weighted by molar-refractivity contribution is -0.121. The van der Waals surface area contributed by atoms with Crippen LogP contribution >= 0.6 is 11.8 Å². The fourth-order valence-corrected chi connectivity index (χ4v) is 5.37. The molecule has 172 valence electrons. The molecule has 3 aromatic rings. The molecule has 0 atom stereocenters. The summed E-state index contributed by atoms with van der Waals surface area (Å²) in [5, 5.41) is 0. The molecule has 3 aromatic carbocycles. The van der Waals surface area contributed by atoms with Crippen LogP contribution in [0.1, 0.15) is 23.6 Å². The molecule has 5 rings (SSSR count). The second-order valence-corrected chi connectivity index (χ2v) is 9.49. The van der Waals surface area contributed by atoms with Crippen LogP contribution in [0.3, 0.4) is 0 Å². The van der Waals surface area contributed by atoms with Crippen molar-refractivity contribution in [3.63, 3.8) is 0 Å². The summed E-state index contributed by atoms with van der Waals surface area (Å²) in [6.07, 6.45) is 0.840. The number of aryl methyl sites for hydroxylation is 1. The molecule has 0 aliphatic carbocycles. The maximum Gasteiger partial charge on any atom is 0.283 e. The SMILES string of the molecule is CCOc1ccc(N2C(=O)C(Sc3ccc(C)cc3)=C(N3CCc4ccccc4C3)C2=O)cc1. The maximum atomic E-state index is 13.8. The van der Waals surface area contributed by atoms with Gasteiger partial charge in [-0.15, -0.1) is 0 Å². The zero-order valence-electron chi connectivity index (χ0n) is 19.3. The zero-order valence-corrected chi connectivity index (χ0v) is 20.1. The molecule has 0 fully saturated rings. The van der Waals surface area contributed by atoms with E-state index in [1.807, 2.05) is 50.2 Å². The van der Waals surface area contributed by atoms with E-state index < -0.39 is 0 Å². The quantitative estimate of drug-likeness (QED) is 0.456. The van der Waals surface area contributed by atoms with Crippen LogP contribution in [0.4, 0.5) is 5.69 Å². The van der Waals surface area contributed by atoms with Gasteiger partial charge in [-0.1, -0.05) is 53.7 Å². The predicted molar refractivity (Wildman–Crippen MR) is 135 cm³/mol. The van der Waals surface area contributed by atoms with E-state index in [1.165, 1.54) is 27.8 Å². The molecule has 0 N–H and O–H groups in total. The van der Waals surface area contributed by atoms with E-state index in [0.29, 0.717) is 41.7 Å². The molecule has 0 spiro atoms. The number of benzene rings is 3. The highest BCUT2D eigenvalue weighted by Gasteiger charge is 2.43. The van der Waals surface area contributed by atoms with Gasteiger partial charge in [0, 0.05) is 18.0 Å². The molecule has 0 unspecified atom stereocenters. The van der Waals surface area contributed by atoms with Crippen molar-refractivity contribution in [3.05, 3.63) is 100 Å². The standard InChI is InChI=1S/C28H26N2O3S/c1-3-33-23-12-10-22(11-13-23)30-27(31)25(29-17-16-20-6-4-5-7-21(20)18-29)26(28(30)32)34-24-14-8-19(2)9-15-24/h4-15H,3,16-18H2,1-2H3. The van der Waals surface area contributed by atoms with E-state index in [4.69, 9.17) is 4.74 Å². The van der Waals surface area contributed by atoms with Crippen molar-refractivity contribution in [3.8, 4) is 5.75 Å². The molecule has 0 aromatic heterocycles. The van der Waals surface area contributed by atoms with Gasteiger partial charge in [0.15, 0.2) is 0 Å². The normalized spacial score (nSPS) is 15.7. The molecule has 34 heavy (non-hydrogen) atoms. The van der Waals surface area contributed by atoms with Crippen molar-refractivity contribution in [1.82, 2.24) is 4.90 Å². The minimum atomic E-state index is -0.284. The summed E-state index contributed by atoms with van der Waals surface area (Å²) in [5.74, 6) is 0.150. The number of thioether (sulfide) groups is 1. The lowest BCUT2D eigenvalue weighted by Crippen LogP contribution is -2.37. The highest BCUT2D eigenvalue weighted by molar-refractivity contribution is 8.04. The summed E-state index contributed by atoms with van der Waals surface area (Å²) >= 11 is 1.37. The van der Waals surface area contributed by atoms with E-state index in [9.17, 15) is 9.59 Å². The van der Waals surface area contributed by atoms with Gasteiger partial charge in [0.1, 0.15) is 16.4 Å². The molecule has 0 saturated heterocycles. The number of hydrogen-bond acceptors (Lipinski definition) is 5. The number of rotatable bonds is 6. The monoisotopic (exact) mass is 470 g/mol. The highest BCUT2D eigenvalue weighted by atomic mass is 32.2. The van der Waals surface area contributed by atoms with Crippen LogP contribution in [0, 0.1) is 6.92 Å². The number of fused-ring (bicyclic) bond motifs is 1. The number of imide groups is 1. The Bertz CT molecular complexity index is 1270. The first kappa shape index (κ1) is 22.3. The van der Waals surface area contributed by atoms with Gasteiger partial charge in [0.25, 0.3) is 11.8 Å². The van der Waals surface area contributed by atoms with Crippen molar-refractivity contribution in [2.45, 2.75) is 31.7 Å². The van der Waals surface area contributed by atoms with Crippen molar-refractivity contribution in [2.75, 3.05) is 18.1 Å². The van der Waals surface area contributed by atoms with Gasteiger partial charge in [-0.05, 0) is 67.8 Å². The van der Waals surface area contributed by atoms with E-state index in [-0.39, 0.29) is 11.8 Å². The Kier molecular flexibility index (Phi) is 6.16. The number of anilines is 1. The van der Waals surface area contributed by atoms with Gasteiger partial charge in [-0.3, -0.25) is 9.59 Å². The van der Waals surface area contributed by atoms with Crippen LogP contribution in [0.25, 0.3) is 0 Å².